The van der Waals surface area contributed by atoms with E-state index in [4.69, 9.17) is 4.84 Å². The van der Waals surface area contributed by atoms with Crippen LogP contribution < -0.4 is 0 Å². The van der Waals surface area contributed by atoms with Gasteiger partial charge in [-0.25, -0.2) is 4.79 Å². The lowest BCUT2D eigenvalue weighted by molar-refractivity contribution is 0.0515. The molecule has 4 nitrogen and oxygen atoms in total. The van der Waals surface area contributed by atoms with Crippen molar-refractivity contribution < 1.29 is 14.7 Å². The molecule has 0 heterocycles. The maximum absolute atomic E-state index is 11.9. The van der Waals surface area contributed by atoms with Crippen LogP contribution in [0.25, 0.3) is 0 Å². The number of aromatic hydroxyl groups is 1. The van der Waals surface area contributed by atoms with Crippen molar-refractivity contribution in [2.45, 2.75) is 20.3 Å². The number of phenolic OH excluding ortho intramolecular Hbond substituents is 1. The molecule has 1 N–H and O–H groups in total. The van der Waals surface area contributed by atoms with E-state index in [0.29, 0.717) is 23.3 Å². The van der Waals surface area contributed by atoms with Crippen LogP contribution in [0.1, 0.15) is 34.8 Å². The summed E-state index contributed by atoms with van der Waals surface area (Å²) in [6, 6.07) is 13.9. The van der Waals surface area contributed by atoms with Crippen LogP contribution in [0.5, 0.6) is 5.75 Å². The Morgan fingerprint density at radius 3 is 2.43 bits per heavy atom. The fourth-order valence-corrected chi connectivity index (χ4v) is 1.86. The number of hydrogen-bond donors (Lipinski definition) is 1. The third-order valence-electron chi connectivity index (χ3n) is 3.08. The van der Waals surface area contributed by atoms with Crippen LogP contribution in [0.3, 0.4) is 0 Å². The predicted molar refractivity (Wildman–Crippen MR) is 81.5 cm³/mol. The van der Waals surface area contributed by atoms with Crippen LogP contribution in [0.2, 0.25) is 0 Å². The second kappa shape index (κ2) is 6.70. The summed E-state index contributed by atoms with van der Waals surface area (Å²) in [4.78, 5) is 16.9. The molecular weight excluding hydrogens is 266 g/mol. The number of rotatable bonds is 4. The van der Waals surface area contributed by atoms with Crippen LogP contribution in [0.4, 0.5) is 0 Å². The third-order valence-corrected chi connectivity index (χ3v) is 3.08. The zero-order chi connectivity index (χ0) is 15.2. The first-order chi connectivity index (χ1) is 10.1. The van der Waals surface area contributed by atoms with E-state index in [1.807, 2.05) is 26.0 Å². The van der Waals surface area contributed by atoms with E-state index < -0.39 is 5.97 Å². The Bertz CT molecular complexity index is 660. The summed E-state index contributed by atoms with van der Waals surface area (Å²) < 4.78 is 0. The van der Waals surface area contributed by atoms with Crippen LogP contribution >= 0.6 is 0 Å². The molecule has 0 aliphatic heterocycles. The molecule has 0 unspecified atom stereocenters. The first-order valence-corrected chi connectivity index (χ1v) is 6.75. The summed E-state index contributed by atoms with van der Waals surface area (Å²) in [7, 11) is 0. The number of para-hydroxylation sites is 1. The monoisotopic (exact) mass is 283 g/mol. The molecule has 0 aliphatic rings. The van der Waals surface area contributed by atoms with Gasteiger partial charge in [-0.15, -0.1) is 0 Å². The summed E-state index contributed by atoms with van der Waals surface area (Å²) in [6.07, 6.45) is 0.540. The van der Waals surface area contributed by atoms with Crippen LogP contribution in [-0.2, 0) is 4.84 Å². The number of nitrogens with zero attached hydrogens (tertiary/aromatic N) is 1. The van der Waals surface area contributed by atoms with E-state index in [9.17, 15) is 9.90 Å². The SMILES string of the molecule is CC/C(=N\OC(=O)c1ccc(C)cc1)c1ccccc1O. The smallest absolute Gasteiger partial charge is 0.365 e. The molecule has 2 aromatic carbocycles. The van der Waals surface area contributed by atoms with Crippen molar-refractivity contribution >= 4 is 11.7 Å². The third kappa shape index (κ3) is 3.69. The van der Waals surface area contributed by atoms with Gasteiger partial charge in [-0.2, -0.15) is 0 Å². The minimum absolute atomic E-state index is 0.115. The highest BCUT2D eigenvalue weighted by Crippen LogP contribution is 2.18. The van der Waals surface area contributed by atoms with Crippen LogP contribution in [-0.4, -0.2) is 16.8 Å². The van der Waals surface area contributed by atoms with Gasteiger partial charge in [0.05, 0.1) is 11.3 Å². The van der Waals surface area contributed by atoms with E-state index in [-0.39, 0.29) is 5.75 Å². The normalized spacial score (nSPS) is 11.2. The standard InChI is InChI=1S/C17H17NO3/c1-3-15(14-6-4-5-7-16(14)19)18-21-17(20)13-10-8-12(2)9-11-13/h4-11,19H,3H2,1-2H3/b18-15+. The van der Waals surface area contributed by atoms with E-state index in [1.165, 1.54) is 0 Å². The average Bonchev–Trinajstić information content (AvgIpc) is 2.50. The van der Waals surface area contributed by atoms with Gasteiger partial charge in [0.15, 0.2) is 0 Å². The van der Waals surface area contributed by atoms with E-state index >= 15 is 0 Å². The topological polar surface area (TPSA) is 58.9 Å². The van der Waals surface area contributed by atoms with Gasteiger partial charge >= 0.3 is 5.97 Å². The molecule has 0 bridgehead atoms. The molecule has 0 amide bonds. The Hall–Kier alpha value is -2.62. The molecule has 0 saturated carbocycles. The second-order valence-corrected chi connectivity index (χ2v) is 4.65. The highest BCUT2D eigenvalue weighted by atomic mass is 16.7. The van der Waals surface area contributed by atoms with Crippen LogP contribution in [0, 0.1) is 6.92 Å². The summed E-state index contributed by atoms with van der Waals surface area (Å²) in [5.41, 5.74) is 2.60. The van der Waals surface area contributed by atoms with Gasteiger partial charge in [0.1, 0.15) is 5.75 Å². The highest BCUT2D eigenvalue weighted by Gasteiger charge is 2.10. The maximum Gasteiger partial charge on any atom is 0.365 e. The Morgan fingerprint density at radius 2 is 1.81 bits per heavy atom. The Balaban J connectivity index is 2.16. The molecule has 0 atom stereocenters. The molecule has 2 rings (SSSR count). The minimum Gasteiger partial charge on any atom is -0.507 e. The fourth-order valence-electron chi connectivity index (χ4n) is 1.86. The lowest BCUT2D eigenvalue weighted by Gasteiger charge is -2.06. The van der Waals surface area contributed by atoms with Gasteiger partial charge in [-0.05, 0) is 37.6 Å². The first-order valence-electron chi connectivity index (χ1n) is 6.75. The van der Waals surface area contributed by atoms with Crippen molar-refractivity contribution in [2.24, 2.45) is 5.16 Å². The molecular formula is C17H17NO3. The molecule has 0 saturated heterocycles. The summed E-state index contributed by atoms with van der Waals surface area (Å²) in [5.74, 6) is -0.402. The largest absolute Gasteiger partial charge is 0.507 e. The van der Waals surface area contributed by atoms with Crippen molar-refractivity contribution in [1.82, 2.24) is 0 Å². The fraction of sp³-hybridized carbons (Fsp3) is 0.176. The zero-order valence-corrected chi connectivity index (χ0v) is 12.0. The number of carbonyl (C=O) groups is 1. The lowest BCUT2D eigenvalue weighted by atomic mass is 10.1. The number of carbonyl (C=O) groups excluding carboxylic acids is 1. The quantitative estimate of drug-likeness (QED) is 0.529. The molecule has 2 aromatic rings. The summed E-state index contributed by atoms with van der Waals surface area (Å²) in [5, 5.41) is 13.7. The maximum atomic E-state index is 11.9. The van der Waals surface area contributed by atoms with Gasteiger partial charge in [0.2, 0.25) is 0 Å². The predicted octanol–water partition coefficient (Wildman–Crippen LogP) is 3.67. The summed E-state index contributed by atoms with van der Waals surface area (Å²) >= 11 is 0. The van der Waals surface area contributed by atoms with E-state index in [1.54, 1.807) is 36.4 Å². The first kappa shape index (κ1) is 14.8. The Morgan fingerprint density at radius 1 is 1.14 bits per heavy atom. The summed E-state index contributed by atoms with van der Waals surface area (Å²) in [6.45, 7) is 3.83. The van der Waals surface area contributed by atoms with Gasteiger partial charge < -0.3 is 9.94 Å². The Labute approximate surface area is 123 Å². The van der Waals surface area contributed by atoms with Gasteiger partial charge in [0, 0.05) is 5.56 Å². The van der Waals surface area contributed by atoms with E-state index in [0.717, 1.165) is 5.56 Å². The lowest BCUT2D eigenvalue weighted by Crippen LogP contribution is -2.06. The van der Waals surface area contributed by atoms with Crippen molar-refractivity contribution in [2.75, 3.05) is 0 Å². The zero-order valence-electron chi connectivity index (χ0n) is 12.0. The van der Waals surface area contributed by atoms with Crippen molar-refractivity contribution in [3.8, 4) is 5.75 Å². The molecule has 0 fully saturated rings. The molecule has 0 aromatic heterocycles. The number of hydrogen-bond acceptors (Lipinski definition) is 4. The van der Waals surface area contributed by atoms with Gasteiger partial charge in [0.25, 0.3) is 0 Å². The molecule has 0 spiro atoms. The highest BCUT2D eigenvalue weighted by molar-refractivity contribution is 6.02. The second-order valence-electron chi connectivity index (χ2n) is 4.65. The molecule has 4 heteroatoms. The van der Waals surface area contributed by atoms with Crippen molar-refractivity contribution in [3.63, 3.8) is 0 Å². The van der Waals surface area contributed by atoms with Crippen molar-refractivity contribution in [1.29, 1.82) is 0 Å². The number of benzene rings is 2. The Kier molecular flexibility index (Phi) is 4.72. The molecule has 0 aliphatic carbocycles. The van der Waals surface area contributed by atoms with Crippen LogP contribution in [0.15, 0.2) is 53.7 Å². The van der Waals surface area contributed by atoms with Crippen molar-refractivity contribution in [3.05, 3.63) is 65.2 Å². The average molecular weight is 283 g/mol. The molecule has 21 heavy (non-hydrogen) atoms. The number of phenols is 1. The molecule has 108 valence electrons. The van der Waals surface area contributed by atoms with Gasteiger partial charge in [-0.1, -0.05) is 41.9 Å². The minimum atomic E-state index is -0.517. The number of aryl methyl sites for hydroxylation is 1. The number of oxime groups is 1. The molecule has 0 radical (unpaired) electrons. The van der Waals surface area contributed by atoms with Gasteiger partial charge in [-0.3, -0.25) is 0 Å². The van der Waals surface area contributed by atoms with E-state index in [2.05, 4.69) is 5.16 Å².